The first-order valence-electron chi connectivity index (χ1n) is 11.8. The van der Waals surface area contributed by atoms with Crippen molar-refractivity contribution in [3.05, 3.63) is 0 Å². The van der Waals surface area contributed by atoms with E-state index in [0.29, 0.717) is 0 Å². The van der Waals surface area contributed by atoms with Gasteiger partial charge in [-0.25, -0.2) is 0 Å². The molecule has 0 saturated carbocycles. The molecule has 26 heavy (non-hydrogen) atoms. The molecule has 3 fully saturated rings. The number of rotatable bonds is 17. The van der Waals surface area contributed by atoms with Crippen molar-refractivity contribution in [2.45, 2.75) is 120 Å². The molecule has 3 aliphatic heterocycles. The summed E-state index contributed by atoms with van der Waals surface area (Å²) in [6.45, 7) is 2.30. The molecule has 7 heteroatoms. The van der Waals surface area contributed by atoms with Crippen molar-refractivity contribution in [3.8, 4) is 0 Å². The lowest BCUT2D eigenvalue weighted by Crippen LogP contribution is -2.60. The second-order valence-electron chi connectivity index (χ2n) is 8.54. The van der Waals surface area contributed by atoms with Crippen molar-refractivity contribution in [1.82, 2.24) is 0 Å². The molecule has 154 valence electrons. The van der Waals surface area contributed by atoms with Crippen molar-refractivity contribution < 1.29 is 12.3 Å². The Morgan fingerprint density at radius 3 is 1.27 bits per heavy atom. The summed E-state index contributed by atoms with van der Waals surface area (Å²) < 4.78 is 18.3. The van der Waals surface area contributed by atoms with Gasteiger partial charge in [0.15, 0.2) is 29.3 Å². The van der Waals surface area contributed by atoms with Crippen LogP contribution in [0.3, 0.4) is 0 Å². The Morgan fingerprint density at radius 2 is 0.885 bits per heavy atom. The molecule has 3 heterocycles. The van der Waals surface area contributed by atoms with Gasteiger partial charge in [-0.1, -0.05) is 103 Å². The zero-order valence-corrected chi connectivity index (χ0v) is 22.7. The molecule has 0 aromatic heterocycles. The minimum atomic E-state index is -2.01. The Hall–Kier alpha value is 0.748. The minimum absolute atomic E-state index is 0.216. The SMILES string of the molecule is CCCCCCCCCCCCCCCCCC[Si]12O[SiH2]C([SiH2]O1)[SiH2]O2. The van der Waals surface area contributed by atoms with E-state index in [0.717, 1.165) is 10.8 Å². The molecule has 2 bridgehead atoms. The molecule has 3 nitrogen and oxygen atoms in total. The van der Waals surface area contributed by atoms with E-state index in [2.05, 4.69) is 6.92 Å². The smallest absolute Gasteiger partial charge is 0.422 e. The first-order valence-corrected chi connectivity index (χ1v) is 17.9. The van der Waals surface area contributed by atoms with Gasteiger partial charge >= 0.3 is 8.80 Å². The van der Waals surface area contributed by atoms with E-state index in [9.17, 15) is 0 Å². The van der Waals surface area contributed by atoms with E-state index in [-0.39, 0.29) is 29.3 Å². The first kappa shape index (κ1) is 23.0. The highest BCUT2D eigenvalue weighted by Gasteiger charge is 2.48. The van der Waals surface area contributed by atoms with E-state index < -0.39 is 8.80 Å². The van der Waals surface area contributed by atoms with Crippen LogP contribution in [0.25, 0.3) is 0 Å². The standard InChI is InChI=1S/C19H44O3Si4/c1-2-3-4-5-6-7-8-9-10-11-12-13-14-15-16-17-18-26-20-23-19(24-21-26)25-22-26/h19H,2-18,23-25H2,1H3. The van der Waals surface area contributed by atoms with Gasteiger partial charge in [0, 0.05) is 6.04 Å². The van der Waals surface area contributed by atoms with Crippen molar-refractivity contribution in [2.24, 2.45) is 0 Å². The highest BCUT2D eigenvalue weighted by molar-refractivity contribution is 6.89. The normalized spacial score (nSPS) is 27.8. The molecule has 3 aliphatic rings. The van der Waals surface area contributed by atoms with Gasteiger partial charge in [0.2, 0.25) is 0 Å². The van der Waals surface area contributed by atoms with E-state index in [1.807, 2.05) is 0 Å². The van der Waals surface area contributed by atoms with Gasteiger partial charge in [0.1, 0.15) is 0 Å². The zero-order chi connectivity index (χ0) is 18.3. The highest BCUT2D eigenvalue weighted by atomic mass is 28.5. The summed E-state index contributed by atoms with van der Waals surface area (Å²) in [6, 6.07) is 1.14. The predicted molar refractivity (Wildman–Crippen MR) is 123 cm³/mol. The Balaban J connectivity index is 1.27. The quantitative estimate of drug-likeness (QED) is 0.254. The fourth-order valence-corrected chi connectivity index (χ4v) is 23.2. The lowest BCUT2D eigenvalue weighted by molar-refractivity contribution is 0.249. The maximum Gasteiger partial charge on any atom is 0.468 e. The summed E-state index contributed by atoms with van der Waals surface area (Å²) in [4.78, 5) is 0.912. The van der Waals surface area contributed by atoms with Gasteiger partial charge < -0.3 is 12.3 Å². The van der Waals surface area contributed by atoms with Crippen LogP contribution in [0.15, 0.2) is 0 Å². The second kappa shape index (κ2) is 14.7. The van der Waals surface area contributed by atoms with Gasteiger partial charge in [-0.05, 0) is 11.2 Å². The maximum atomic E-state index is 6.09. The fourth-order valence-electron chi connectivity index (χ4n) is 4.11. The highest BCUT2D eigenvalue weighted by Crippen LogP contribution is 2.30. The van der Waals surface area contributed by atoms with Crippen LogP contribution < -0.4 is 0 Å². The second-order valence-corrected chi connectivity index (χ2v) is 21.8. The van der Waals surface area contributed by atoms with Crippen LogP contribution in [-0.2, 0) is 12.3 Å². The average Bonchev–Trinajstić information content (AvgIpc) is 2.69. The van der Waals surface area contributed by atoms with Crippen LogP contribution in [0, 0.1) is 0 Å². The van der Waals surface area contributed by atoms with E-state index in [4.69, 9.17) is 12.3 Å². The van der Waals surface area contributed by atoms with Gasteiger partial charge in [-0.15, -0.1) is 0 Å². The Labute approximate surface area is 170 Å². The molecule has 0 aromatic carbocycles. The molecular formula is C19H44O3Si4. The summed E-state index contributed by atoms with van der Waals surface area (Å²) in [5, 5.41) is 0. The van der Waals surface area contributed by atoms with E-state index >= 15 is 0 Å². The Kier molecular flexibility index (Phi) is 13.0. The molecule has 3 rings (SSSR count). The summed E-state index contributed by atoms with van der Waals surface area (Å²) in [5.41, 5.74) is 0. The van der Waals surface area contributed by atoms with Crippen molar-refractivity contribution in [2.75, 3.05) is 0 Å². The summed E-state index contributed by atoms with van der Waals surface area (Å²) in [5.74, 6) is 0. The Morgan fingerprint density at radius 1 is 0.538 bits per heavy atom. The third-order valence-corrected chi connectivity index (χ3v) is 19.9. The van der Waals surface area contributed by atoms with Gasteiger partial charge in [-0.3, -0.25) is 0 Å². The molecule has 0 N–H and O–H groups in total. The fraction of sp³-hybridized carbons (Fsp3) is 1.00. The molecule has 0 aliphatic carbocycles. The molecule has 0 atom stereocenters. The van der Waals surface area contributed by atoms with Crippen LogP contribution in [0.4, 0.5) is 0 Å². The zero-order valence-electron chi connectivity index (χ0n) is 17.4. The van der Waals surface area contributed by atoms with Crippen LogP contribution in [0.2, 0.25) is 10.8 Å². The molecule has 0 unspecified atom stereocenters. The molecular weight excluding hydrogens is 389 g/mol. The average molecular weight is 433 g/mol. The minimum Gasteiger partial charge on any atom is -0.422 e. The number of hydrogen-bond donors (Lipinski definition) is 0. The molecule has 0 radical (unpaired) electrons. The van der Waals surface area contributed by atoms with Crippen LogP contribution >= 0.6 is 0 Å². The largest absolute Gasteiger partial charge is 0.468 e. The topological polar surface area (TPSA) is 27.7 Å². The Bertz CT molecular complexity index is 325. The number of unbranched alkanes of at least 4 members (excludes halogenated alkanes) is 15. The molecule has 0 aromatic rings. The van der Waals surface area contributed by atoms with E-state index in [1.165, 1.54) is 103 Å². The lowest BCUT2D eigenvalue weighted by atomic mass is 10.0. The van der Waals surface area contributed by atoms with Gasteiger partial charge in [-0.2, -0.15) is 0 Å². The van der Waals surface area contributed by atoms with Crippen LogP contribution in [-0.4, -0.2) is 38.1 Å². The van der Waals surface area contributed by atoms with Crippen molar-refractivity contribution in [3.63, 3.8) is 0 Å². The van der Waals surface area contributed by atoms with Crippen molar-refractivity contribution >= 4 is 38.1 Å². The van der Waals surface area contributed by atoms with Crippen LogP contribution in [0.1, 0.15) is 110 Å². The van der Waals surface area contributed by atoms with Crippen molar-refractivity contribution in [1.29, 1.82) is 0 Å². The third-order valence-electron chi connectivity index (χ3n) is 5.95. The predicted octanol–water partition coefficient (Wildman–Crippen LogP) is 4.22. The lowest BCUT2D eigenvalue weighted by Gasteiger charge is -2.43. The summed E-state index contributed by atoms with van der Waals surface area (Å²) in [7, 11) is -2.66. The monoisotopic (exact) mass is 432 g/mol. The summed E-state index contributed by atoms with van der Waals surface area (Å²) >= 11 is 0. The van der Waals surface area contributed by atoms with E-state index in [1.54, 1.807) is 0 Å². The molecule has 0 spiro atoms. The molecule has 0 amide bonds. The van der Waals surface area contributed by atoms with Gasteiger partial charge in [0.25, 0.3) is 0 Å². The third kappa shape index (κ3) is 9.79. The molecule has 3 saturated heterocycles. The maximum absolute atomic E-state index is 6.09. The first-order chi connectivity index (χ1) is 12.8. The van der Waals surface area contributed by atoms with Crippen LogP contribution in [0.5, 0.6) is 0 Å². The summed E-state index contributed by atoms with van der Waals surface area (Å²) in [6.07, 6.45) is 22.9. The number of fused-ring (bicyclic) bond motifs is 3. The number of hydrogen-bond acceptors (Lipinski definition) is 3. The van der Waals surface area contributed by atoms with Gasteiger partial charge in [0.05, 0.1) is 0 Å².